The van der Waals surface area contributed by atoms with Gasteiger partial charge in [0.15, 0.2) is 0 Å². The quantitative estimate of drug-likeness (QED) is 0.514. The lowest BCUT2D eigenvalue weighted by Gasteiger charge is -2.11. The smallest absolute Gasteiger partial charge is 0.00414 e. The highest BCUT2D eigenvalue weighted by Crippen LogP contribution is 2.25. The predicted octanol–water partition coefficient (Wildman–Crippen LogP) is 2.16. The van der Waals surface area contributed by atoms with E-state index in [9.17, 15) is 0 Å². The molecule has 0 aromatic rings. The lowest BCUT2D eigenvalue weighted by Crippen LogP contribution is -2.20. The van der Waals surface area contributed by atoms with Gasteiger partial charge in [-0.15, -0.1) is 0 Å². The molecule has 0 amide bonds. The largest absolute Gasteiger partial charge is 0.328 e. The number of hydrogen-bond donors (Lipinski definition) is 1. The number of hydrogen-bond acceptors (Lipinski definition) is 1. The Hall–Kier alpha value is -0.0400. The molecule has 2 N–H and O–H groups in total. The lowest BCUT2D eigenvalue weighted by molar-refractivity contribution is 0.418. The van der Waals surface area contributed by atoms with Gasteiger partial charge in [-0.25, -0.2) is 0 Å². The Morgan fingerprint density at radius 3 is 2.40 bits per heavy atom. The highest BCUT2D eigenvalue weighted by molar-refractivity contribution is 4.73. The fourth-order valence-electron chi connectivity index (χ4n) is 2.03. The third-order valence-electron chi connectivity index (χ3n) is 2.54. The van der Waals surface area contributed by atoms with E-state index >= 15 is 0 Å². The normalized spacial score (nSPS) is 42.9. The first kappa shape index (κ1) is 8.06. The molecule has 1 rings (SSSR count). The topological polar surface area (TPSA) is 26.0 Å². The molecule has 1 saturated carbocycles. The zero-order valence-corrected chi connectivity index (χ0v) is 7.14. The number of nitrogens with two attached hydrogens (primary N) is 1. The van der Waals surface area contributed by atoms with Gasteiger partial charge in [0.25, 0.3) is 0 Å². The van der Waals surface area contributed by atoms with Crippen molar-refractivity contribution in [2.75, 3.05) is 0 Å². The van der Waals surface area contributed by atoms with Crippen LogP contribution in [0.5, 0.6) is 0 Å². The molecule has 3 atom stereocenters. The second-order valence-electron chi connectivity index (χ2n) is 4.02. The Morgan fingerprint density at radius 2 is 1.70 bits per heavy atom. The Balaban J connectivity index is 2.38. The standard InChI is InChI=1S/C9H19N/c1-7-3-4-9(10)6-8(2)5-7/h7-9H,3-6,10H2,1-2H3/t7-,8-,9+/m0/s1. The third kappa shape index (κ3) is 2.30. The molecule has 0 spiro atoms. The first-order valence-corrected chi connectivity index (χ1v) is 4.44. The van der Waals surface area contributed by atoms with Crippen LogP contribution in [0.3, 0.4) is 0 Å². The minimum Gasteiger partial charge on any atom is -0.328 e. The molecule has 1 heteroatoms. The summed E-state index contributed by atoms with van der Waals surface area (Å²) in [6.07, 6.45) is 5.20. The molecular formula is C9H19N. The van der Waals surface area contributed by atoms with E-state index in [4.69, 9.17) is 5.73 Å². The van der Waals surface area contributed by atoms with Crippen LogP contribution in [0.2, 0.25) is 0 Å². The second-order valence-corrected chi connectivity index (χ2v) is 4.02. The second kappa shape index (κ2) is 3.38. The zero-order valence-electron chi connectivity index (χ0n) is 7.14. The molecule has 0 aliphatic heterocycles. The van der Waals surface area contributed by atoms with E-state index in [0.29, 0.717) is 6.04 Å². The van der Waals surface area contributed by atoms with Gasteiger partial charge in [0, 0.05) is 6.04 Å². The van der Waals surface area contributed by atoms with Crippen molar-refractivity contribution in [3.8, 4) is 0 Å². The van der Waals surface area contributed by atoms with E-state index in [-0.39, 0.29) is 0 Å². The predicted molar refractivity (Wildman–Crippen MR) is 44.8 cm³/mol. The molecule has 0 radical (unpaired) electrons. The van der Waals surface area contributed by atoms with Crippen LogP contribution in [0.25, 0.3) is 0 Å². The molecule has 1 nitrogen and oxygen atoms in total. The van der Waals surface area contributed by atoms with Gasteiger partial charge in [0.2, 0.25) is 0 Å². The van der Waals surface area contributed by atoms with Gasteiger partial charge < -0.3 is 5.73 Å². The van der Waals surface area contributed by atoms with Gasteiger partial charge >= 0.3 is 0 Å². The summed E-state index contributed by atoms with van der Waals surface area (Å²) < 4.78 is 0. The van der Waals surface area contributed by atoms with Crippen LogP contribution in [-0.4, -0.2) is 6.04 Å². The first-order valence-electron chi connectivity index (χ1n) is 4.44. The van der Waals surface area contributed by atoms with Crippen molar-refractivity contribution in [3.63, 3.8) is 0 Å². The summed E-state index contributed by atoms with van der Waals surface area (Å²) in [6.45, 7) is 4.66. The summed E-state index contributed by atoms with van der Waals surface area (Å²) in [6, 6.07) is 0.486. The molecule has 10 heavy (non-hydrogen) atoms. The van der Waals surface area contributed by atoms with Crippen molar-refractivity contribution in [1.82, 2.24) is 0 Å². The molecule has 0 aromatic carbocycles. The van der Waals surface area contributed by atoms with Crippen LogP contribution in [0.15, 0.2) is 0 Å². The van der Waals surface area contributed by atoms with Crippen LogP contribution in [0.1, 0.15) is 39.5 Å². The van der Waals surface area contributed by atoms with E-state index in [2.05, 4.69) is 13.8 Å². The van der Waals surface area contributed by atoms with Crippen LogP contribution in [0.4, 0.5) is 0 Å². The minimum absolute atomic E-state index is 0.486. The van der Waals surface area contributed by atoms with Gasteiger partial charge in [-0.05, 0) is 37.5 Å². The summed E-state index contributed by atoms with van der Waals surface area (Å²) in [7, 11) is 0. The van der Waals surface area contributed by atoms with E-state index in [0.717, 1.165) is 11.8 Å². The maximum Gasteiger partial charge on any atom is 0.00414 e. The van der Waals surface area contributed by atoms with Crippen LogP contribution in [0, 0.1) is 11.8 Å². The highest BCUT2D eigenvalue weighted by Gasteiger charge is 2.17. The van der Waals surface area contributed by atoms with E-state index in [1.54, 1.807) is 0 Å². The average molecular weight is 141 g/mol. The van der Waals surface area contributed by atoms with E-state index in [1.165, 1.54) is 25.7 Å². The molecule has 0 bridgehead atoms. The Labute approximate surface area is 64.0 Å². The average Bonchev–Trinajstić information content (AvgIpc) is 1.93. The Kier molecular flexibility index (Phi) is 2.72. The van der Waals surface area contributed by atoms with E-state index in [1.807, 2.05) is 0 Å². The zero-order chi connectivity index (χ0) is 7.56. The molecule has 1 aliphatic rings. The van der Waals surface area contributed by atoms with Crippen molar-refractivity contribution in [2.24, 2.45) is 17.6 Å². The number of rotatable bonds is 0. The van der Waals surface area contributed by atoms with Crippen LogP contribution < -0.4 is 5.73 Å². The summed E-state index contributed by atoms with van der Waals surface area (Å²) in [5.41, 5.74) is 5.89. The van der Waals surface area contributed by atoms with Gasteiger partial charge in [-0.1, -0.05) is 13.8 Å². The minimum atomic E-state index is 0.486. The molecular weight excluding hydrogens is 122 g/mol. The maximum atomic E-state index is 5.89. The van der Waals surface area contributed by atoms with Crippen molar-refractivity contribution >= 4 is 0 Å². The monoisotopic (exact) mass is 141 g/mol. The maximum absolute atomic E-state index is 5.89. The van der Waals surface area contributed by atoms with Crippen molar-refractivity contribution in [3.05, 3.63) is 0 Å². The molecule has 0 unspecified atom stereocenters. The summed E-state index contributed by atoms with van der Waals surface area (Å²) in [5, 5.41) is 0. The van der Waals surface area contributed by atoms with E-state index < -0.39 is 0 Å². The first-order chi connectivity index (χ1) is 4.68. The van der Waals surface area contributed by atoms with Crippen molar-refractivity contribution in [2.45, 2.75) is 45.6 Å². The van der Waals surface area contributed by atoms with Gasteiger partial charge in [-0.2, -0.15) is 0 Å². The molecule has 1 aliphatic carbocycles. The third-order valence-corrected chi connectivity index (χ3v) is 2.54. The van der Waals surface area contributed by atoms with Crippen LogP contribution in [-0.2, 0) is 0 Å². The van der Waals surface area contributed by atoms with Gasteiger partial charge in [0.1, 0.15) is 0 Å². The molecule has 0 saturated heterocycles. The molecule has 0 heterocycles. The summed E-state index contributed by atoms with van der Waals surface area (Å²) >= 11 is 0. The lowest BCUT2D eigenvalue weighted by atomic mass is 9.96. The SMILES string of the molecule is C[C@H]1CC[C@@H](N)C[C@@H](C)C1. The van der Waals surface area contributed by atoms with Crippen LogP contribution >= 0.6 is 0 Å². The fraction of sp³-hybridized carbons (Fsp3) is 1.00. The molecule has 0 aromatic heterocycles. The highest BCUT2D eigenvalue weighted by atomic mass is 14.6. The van der Waals surface area contributed by atoms with Crippen molar-refractivity contribution in [1.29, 1.82) is 0 Å². The fourth-order valence-corrected chi connectivity index (χ4v) is 2.03. The Morgan fingerprint density at radius 1 is 1.00 bits per heavy atom. The van der Waals surface area contributed by atoms with Crippen molar-refractivity contribution < 1.29 is 0 Å². The summed E-state index contributed by atoms with van der Waals surface area (Å²) in [4.78, 5) is 0. The molecule has 1 fully saturated rings. The van der Waals surface area contributed by atoms with Gasteiger partial charge in [-0.3, -0.25) is 0 Å². The van der Waals surface area contributed by atoms with Gasteiger partial charge in [0.05, 0.1) is 0 Å². The summed E-state index contributed by atoms with van der Waals surface area (Å²) in [5.74, 6) is 1.76. The molecule has 60 valence electrons. The Bertz CT molecular complexity index is 88.9.